The van der Waals surface area contributed by atoms with Gasteiger partial charge in [-0.05, 0) is 56.9 Å². The van der Waals surface area contributed by atoms with Gasteiger partial charge in [0.25, 0.3) is 5.91 Å². The summed E-state index contributed by atoms with van der Waals surface area (Å²) in [4.78, 5) is 12.3. The number of carbonyl (C=O) groups excluding carboxylic acids is 1. The molecule has 2 fully saturated rings. The second-order valence-electron chi connectivity index (χ2n) is 6.13. The minimum Gasteiger partial charge on any atom is -0.348 e. The van der Waals surface area contributed by atoms with Crippen molar-refractivity contribution in [2.24, 2.45) is 17.8 Å². The van der Waals surface area contributed by atoms with E-state index < -0.39 is 0 Å². The molecule has 1 amide bonds. The van der Waals surface area contributed by atoms with E-state index in [1.165, 1.54) is 25.7 Å². The average molecular weight is 261 g/mol. The molecule has 19 heavy (non-hydrogen) atoms. The number of fused-ring (bicyclic) bond motifs is 2. The molecule has 1 aromatic heterocycles. The topological polar surface area (TPSA) is 46.9 Å². The Hall–Kier alpha value is -1.32. The van der Waals surface area contributed by atoms with Crippen LogP contribution >= 0.6 is 0 Å². The van der Waals surface area contributed by atoms with Crippen LogP contribution < -0.4 is 5.32 Å². The third-order valence-electron chi connectivity index (χ3n) is 5.04. The highest BCUT2D eigenvalue weighted by atomic mass is 16.2. The molecule has 0 saturated heterocycles. The Morgan fingerprint density at radius 1 is 1.53 bits per heavy atom. The predicted molar refractivity (Wildman–Crippen MR) is 73.8 cm³/mol. The highest BCUT2D eigenvalue weighted by Crippen LogP contribution is 2.49. The minimum atomic E-state index is 0.0228. The van der Waals surface area contributed by atoms with Gasteiger partial charge in [-0.25, -0.2) is 0 Å². The first-order chi connectivity index (χ1) is 9.19. The van der Waals surface area contributed by atoms with Gasteiger partial charge in [0, 0.05) is 18.8 Å². The quantitative estimate of drug-likeness (QED) is 0.905. The average Bonchev–Trinajstić information content (AvgIpc) is 3.13. The van der Waals surface area contributed by atoms with Crippen LogP contribution in [0.2, 0.25) is 0 Å². The molecule has 2 aliphatic rings. The molecular weight excluding hydrogens is 238 g/mol. The second-order valence-corrected chi connectivity index (χ2v) is 6.13. The van der Waals surface area contributed by atoms with Gasteiger partial charge in [-0.2, -0.15) is 5.10 Å². The number of amides is 1. The normalized spacial score (nSPS) is 30.5. The molecule has 0 spiro atoms. The summed E-state index contributed by atoms with van der Waals surface area (Å²) in [5, 5.41) is 7.34. The summed E-state index contributed by atoms with van der Waals surface area (Å²) in [6, 6.07) is 2.08. The summed E-state index contributed by atoms with van der Waals surface area (Å²) < 4.78 is 1.75. The lowest BCUT2D eigenvalue weighted by molar-refractivity contribution is 0.0904. The van der Waals surface area contributed by atoms with Crippen molar-refractivity contribution in [2.75, 3.05) is 0 Å². The van der Waals surface area contributed by atoms with Crippen molar-refractivity contribution in [1.82, 2.24) is 15.1 Å². The second kappa shape index (κ2) is 4.99. The van der Waals surface area contributed by atoms with Crippen LogP contribution in [0.5, 0.6) is 0 Å². The van der Waals surface area contributed by atoms with Crippen LogP contribution in [0.4, 0.5) is 0 Å². The molecule has 4 nitrogen and oxygen atoms in total. The molecule has 4 atom stereocenters. The zero-order chi connectivity index (χ0) is 13.4. The van der Waals surface area contributed by atoms with E-state index >= 15 is 0 Å². The molecule has 2 bridgehead atoms. The number of aromatic nitrogens is 2. The highest BCUT2D eigenvalue weighted by Gasteiger charge is 2.42. The van der Waals surface area contributed by atoms with Crippen molar-refractivity contribution in [3.05, 3.63) is 18.0 Å². The van der Waals surface area contributed by atoms with E-state index in [0.29, 0.717) is 11.6 Å². The lowest BCUT2D eigenvalue weighted by Crippen LogP contribution is -2.40. The molecule has 1 heterocycles. The van der Waals surface area contributed by atoms with Crippen LogP contribution in [0.25, 0.3) is 0 Å². The van der Waals surface area contributed by atoms with E-state index in [4.69, 9.17) is 0 Å². The number of aryl methyl sites for hydroxylation is 1. The number of nitrogens with one attached hydrogen (secondary N) is 1. The fourth-order valence-corrected chi connectivity index (χ4v) is 4.07. The SMILES string of the molecule is CCn1nccc1C(=O)N[C@H](C)[C@H]1C[C@H]2CC[C@H]1C2. The van der Waals surface area contributed by atoms with Crippen LogP contribution in [0.3, 0.4) is 0 Å². The minimum absolute atomic E-state index is 0.0228. The maximum Gasteiger partial charge on any atom is 0.269 e. The molecule has 3 rings (SSSR count). The van der Waals surface area contributed by atoms with Crippen LogP contribution in [0.15, 0.2) is 12.3 Å². The highest BCUT2D eigenvalue weighted by molar-refractivity contribution is 5.92. The molecule has 2 saturated carbocycles. The molecular formula is C15H23N3O. The van der Waals surface area contributed by atoms with Gasteiger partial charge in [0.2, 0.25) is 0 Å². The molecule has 4 heteroatoms. The molecule has 1 aromatic rings. The number of carbonyl (C=O) groups is 1. The van der Waals surface area contributed by atoms with E-state index in [0.717, 1.165) is 18.4 Å². The van der Waals surface area contributed by atoms with Gasteiger partial charge in [0.15, 0.2) is 0 Å². The van der Waals surface area contributed by atoms with Crippen molar-refractivity contribution in [1.29, 1.82) is 0 Å². The number of rotatable bonds is 4. The Balaban J connectivity index is 1.63. The van der Waals surface area contributed by atoms with Gasteiger partial charge in [-0.3, -0.25) is 9.48 Å². The zero-order valence-corrected chi connectivity index (χ0v) is 11.8. The first-order valence-corrected chi connectivity index (χ1v) is 7.51. The van der Waals surface area contributed by atoms with E-state index in [1.54, 1.807) is 16.9 Å². The maximum absolute atomic E-state index is 12.3. The molecule has 2 aliphatic carbocycles. The van der Waals surface area contributed by atoms with Gasteiger partial charge in [0.05, 0.1) is 0 Å². The van der Waals surface area contributed by atoms with Gasteiger partial charge >= 0.3 is 0 Å². The summed E-state index contributed by atoms with van der Waals surface area (Å²) in [6.07, 6.45) is 7.16. The van der Waals surface area contributed by atoms with Crippen molar-refractivity contribution in [3.63, 3.8) is 0 Å². The van der Waals surface area contributed by atoms with Crippen LogP contribution in [0, 0.1) is 17.8 Å². The van der Waals surface area contributed by atoms with Crippen LogP contribution in [-0.2, 0) is 6.54 Å². The van der Waals surface area contributed by atoms with Gasteiger partial charge in [0.1, 0.15) is 5.69 Å². The van der Waals surface area contributed by atoms with Gasteiger partial charge in [-0.1, -0.05) is 6.42 Å². The zero-order valence-electron chi connectivity index (χ0n) is 11.8. The Labute approximate surface area is 114 Å². The molecule has 0 unspecified atom stereocenters. The molecule has 104 valence electrons. The van der Waals surface area contributed by atoms with E-state index in [1.807, 2.05) is 6.92 Å². The summed E-state index contributed by atoms with van der Waals surface area (Å²) >= 11 is 0. The first-order valence-electron chi connectivity index (χ1n) is 7.51. The lowest BCUT2D eigenvalue weighted by Gasteiger charge is -2.28. The fourth-order valence-electron chi connectivity index (χ4n) is 4.07. The maximum atomic E-state index is 12.3. The molecule has 1 N–H and O–H groups in total. The lowest BCUT2D eigenvalue weighted by atomic mass is 9.84. The Kier molecular flexibility index (Phi) is 3.33. The standard InChI is InChI=1S/C15H23N3O/c1-3-18-14(6-7-16-18)15(19)17-10(2)13-9-11-4-5-12(13)8-11/h6-7,10-13H,3-5,8-9H2,1-2H3,(H,17,19)/t10-,11+,12+,13-/m1/s1. The van der Waals surface area contributed by atoms with E-state index in [2.05, 4.69) is 17.3 Å². The van der Waals surface area contributed by atoms with Crippen molar-refractivity contribution in [2.45, 2.75) is 52.1 Å². The Bertz CT molecular complexity index is 468. The summed E-state index contributed by atoms with van der Waals surface area (Å²) in [5.74, 6) is 2.47. The summed E-state index contributed by atoms with van der Waals surface area (Å²) in [6.45, 7) is 4.90. The van der Waals surface area contributed by atoms with Crippen LogP contribution in [0.1, 0.15) is 50.0 Å². The molecule has 0 radical (unpaired) electrons. The fraction of sp³-hybridized carbons (Fsp3) is 0.733. The molecule has 0 aromatic carbocycles. The van der Waals surface area contributed by atoms with Crippen molar-refractivity contribution in [3.8, 4) is 0 Å². The van der Waals surface area contributed by atoms with E-state index in [9.17, 15) is 4.79 Å². The summed E-state index contributed by atoms with van der Waals surface area (Å²) in [7, 11) is 0. The number of hydrogen-bond acceptors (Lipinski definition) is 2. The third kappa shape index (κ3) is 2.28. The Morgan fingerprint density at radius 2 is 2.37 bits per heavy atom. The monoisotopic (exact) mass is 261 g/mol. The Morgan fingerprint density at radius 3 is 3.00 bits per heavy atom. The first kappa shape index (κ1) is 12.7. The van der Waals surface area contributed by atoms with Crippen LogP contribution in [-0.4, -0.2) is 21.7 Å². The van der Waals surface area contributed by atoms with Gasteiger partial charge in [-0.15, -0.1) is 0 Å². The number of hydrogen-bond donors (Lipinski definition) is 1. The van der Waals surface area contributed by atoms with Crippen molar-refractivity contribution >= 4 is 5.91 Å². The predicted octanol–water partition coefficient (Wildman–Crippen LogP) is 2.46. The largest absolute Gasteiger partial charge is 0.348 e. The summed E-state index contributed by atoms with van der Waals surface area (Å²) in [5.41, 5.74) is 0.678. The van der Waals surface area contributed by atoms with E-state index in [-0.39, 0.29) is 11.9 Å². The van der Waals surface area contributed by atoms with Gasteiger partial charge < -0.3 is 5.32 Å². The molecule has 0 aliphatic heterocycles. The third-order valence-corrected chi connectivity index (χ3v) is 5.04. The number of nitrogens with zero attached hydrogens (tertiary/aromatic N) is 2. The van der Waals surface area contributed by atoms with Crippen molar-refractivity contribution < 1.29 is 4.79 Å². The smallest absolute Gasteiger partial charge is 0.269 e.